The average molecular weight is 354 g/mol. The number of anilines is 2. The second kappa shape index (κ2) is 7.90. The lowest BCUT2D eigenvalue weighted by atomic mass is 10.1. The molecule has 0 aliphatic carbocycles. The van der Waals surface area contributed by atoms with Gasteiger partial charge in [-0.1, -0.05) is 60.1 Å². The van der Waals surface area contributed by atoms with Gasteiger partial charge in [0.2, 0.25) is 0 Å². The van der Waals surface area contributed by atoms with Crippen molar-refractivity contribution in [1.29, 1.82) is 0 Å². The Morgan fingerprint density at radius 2 is 1.62 bits per heavy atom. The van der Waals surface area contributed by atoms with E-state index in [-0.39, 0.29) is 0 Å². The van der Waals surface area contributed by atoms with E-state index in [4.69, 9.17) is 23.8 Å². The first-order chi connectivity index (χ1) is 11.7. The van der Waals surface area contributed by atoms with Gasteiger partial charge >= 0.3 is 0 Å². The van der Waals surface area contributed by atoms with Crippen LogP contribution >= 0.6 is 23.8 Å². The zero-order valence-electron chi connectivity index (χ0n) is 12.9. The van der Waals surface area contributed by atoms with Crippen LogP contribution in [0.5, 0.6) is 0 Å². The van der Waals surface area contributed by atoms with Gasteiger partial charge in [0.15, 0.2) is 5.11 Å². The molecule has 0 bridgehead atoms. The van der Waals surface area contributed by atoms with Gasteiger partial charge < -0.3 is 10.6 Å². The number of halogens is 1. The van der Waals surface area contributed by atoms with Gasteiger partial charge in [0, 0.05) is 12.1 Å². The summed E-state index contributed by atoms with van der Waals surface area (Å²) in [6.07, 6.45) is 0.779. The second-order valence-electron chi connectivity index (χ2n) is 5.24. The van der Waals surface area contributed by atoms with Crippen molar-refractivity contribution in [2.45, 2.75) is 6.42 Å². The lowest BCUT2D eigenvalue weighted by molar-refractivity contribution is 1.08. The predicted octanol–water partition coefficient (Wildman–Crippen LogP) is 5.13. The maximum atomic E-state index is 6.12. The Bertz CT molecular complexity index is 837. The molecule has 0 aliphatic rings. The zero-order chi connectivity index (χ0) is 16.8. The van der Waals surface area contributed by atoms with E-state index in [1.165, 1.54) is 5.56 Å². The number of para-hydroxylation sites is 1. The molecule has 0 fully saturated rings. The number of aromatic nitrogens is 1. The number of benzene rings is 2. The van der Waals surface area contributed by atoms with Crippen LogP contribution in [0.1, 0.15) is 11.3 Å². The van der Waals surface area contributed by atoms with Crippen molar-refractivity contribution in [3.05, 3.63) is 89.1 Å². The molecule has 0 atom stereocenters. The molecular formula is C19H16ClN3S. The Morgan fingerprint density at radius 3 is 2.42 bits per heavy atom. The minimum Gasteiger partial charge on any atom is -0.331 e. The number of nitrogens with zero attached hydrogens (tertiary/aromatic N) is 1. The van der Waals surface area contributed by atoms with E-state index in [1.807, 2.05) is 60.7 Å². The molecule has 2 N–H and O–H groups in total. The highest BCUT2D eigenvalue weighted by Gasteiger charge is 2.04. The first-order valence-corrected chi connectivity index (χ1v) is 8.32. The van der Waals surface area contributed by atoms with E-state index in [2.05, 4.69) is 27.8 Å². The quantitative estimate of drug-likeness (QED) is 0.637. The summed E-state index contributed by atoms with van der Waals surface area (Å²) >= 11 is 11.5. The third-order valence-corrected chi connectivity index (χ3v) is 3.93. The molecule has 3 aromatic rings. The third-order valence-electron chi connectivity index (χ3n) is 3.40. The van der Waals surface area contributed by atoms with Crippen molar-refractivity contribution in [2.75, 3.05) is 10.6 Å². The Labute approximate surface area is 151 Å². The van der Waals surface area contributed by atoms with E-state index in [9.17, 15) is 0 Å². The van der Waals surface area contributed by atoms with Gasteiger partial charge in [0.1, 0.15) is 5.82 Å². The highest BCUT2D eigenvalue weighted by atomic mass is 35.5. The van der Waals surface area contributed by atoms with E-state index in [1.54, 1.807) is 0 Å². The van der Waals surface area contributed by atoms with Crippen molar-refractivity contribution in [1.82, 2.24) is 4.98 Å². The molecule has 0 saturated heterocycles. The van der Waals surface area contributed by atoms with Crippen molar-refractivity contribution in [2.24, 2.45) is 0 Å². The molecular weight excluding hydrogens is 338 g/mol. The first-order valence-electron chi connectivity index (χ1n) is 7.53. The van der Waals surface area contributed by atoms with Gasteiger partial charge in [-0.2, -0.15) is 0 Å². The number of nitrogens with one attached hydrogen (secondary N) is 2. The lowest BCUT2D eigenvalue weighted by Gasteiger charge is -2.12. The monoisotopic (exact) mass is 353 g/mol. The van der Waals surface area contributed by atoms with Crippen molar-refractivity contribution >= 4 is 40.4 Å². The molecule has 0 amide bonds. The molecule has 0 radical (unpaired) electrons. The minimum atomic E-state index is 0.451. The molecule has 3 rings (SSSR count). The maximum Gasteiger partial charge on any atom is 0.176 e. The Balaban J connectivity index is 1.66. The van der Waals surface area contributed by atoms with Crippen LogP contribution in [0.3, 0.4) is 0 Å². The topological polar surface area (TPSA) is 37.0 Å². The van der Waals surface area contributed by atoms with Gasteiger partial charge in [-0.3, -0.25) is 0 Å². The van der Waals surface area contributed by atoms with E-state index in [0.717, 1.165) is 17.8 Å². The molecule has 0 saturated carbocycles. The van der Waals surface area contributed by atoms with Crippen LogP contribution < -0.4 is 10.6 Å². The SMILES string of the molecule is S=C(Nc1cccc(Cc2ccccc2)n1)Nc1ccccc1Cl. The zero-order valence-corrected chi connectivity index (χ0v) is 14.4. The fourth-order valence-electron chi connectivity index (χ4n) is 2.29. The smallest absolute Gasteiger partial charge is 0.176 e. The van der Waals surface area contributed by atoms with E-state index >= 15 is 0 Å². The van der Waals surface area contributed by atoms with Crippen LogP contribution in [-0.4, -0.2) is 10.1 Å². The lowest BCUT2D eigenvalue weighted by Crippen LogP contribution is -2.20. The molecule has 0 aliphatic heterocycles. The summed E-state index contributed by atoms with van der Waals surface area (Å²) in [5.74, 6) is 0.702. The van der Waals surface area contributed by atoms with Crippen LogP contribution in [0.25, 0.3) is 0 Å². The Kier molecular flexibility index (Phi) is 5.41. The first kappa shape index (κ1) is 16.4. The molecule has 0 unspecified atom stereocenters. The highest BCUT2D eigenvalue weighted by Crippen LogP contribution is 2.20. The fourth-order valence-corrected chi connectivity index (χ4v) is 2.68. The maximum absolute atomic E-state index is 6.12. The standard InChI is InChI=1S/C19H16ClN3S/c20-16-10-4-5-11-17(16)22-19(24)23-18-12-6-9-15(21-18)13-14-7-2-1-3-8-14/h1-12H,13H2,(H2,21,22,23,24). The van der Waals surface area contributed by atoms with E-state index < -0.39 is 0 Å². The fraction of sp³-hybridized carbons (Fsp3) is 0.0526. The Hall–Kier alpha value is -2.43. The number of rotatable bonds is 4. The summed E-state index contributed by atoms with van der Waals surface area (Å²) in [7, 11) is 0. The summed E-state index contributed by atoms with van der Waals surface area (Å²) in [6.45, 7) is 0. The van der Waals surface area contributed by atoms with Crippen LogP contribution in [0.4, 0.5) is 11.5 Å². The summed E-state index contributed by atoms with van der Waals surface area (Å²) in [6, 6.07) is 23.5. The van der Waals surface area contributed by atoms with Crippen LogP contribution in [0.2, 0.25) is 5.02 Å². The average Bonchev–Trinajstić information content (AvgIpc) is 2.58. The summed E-state index contributed by atoms with van der Waals surface area (Å²) in [5, 5.41) is 7.24. The van der Waals surface area contributed by atoms with Gasteiger partial charge in [0.05, 0.1) is 10.7 Å². The summed E-state index contributed by atoms with van der Waals surface area (Å²) in [5.41, 5.74) is 2.96. The van der Waals surface area contributed by atoms with Crippen LogP contribution in [0, 0.1) is 0 Å². The third kappa shape index (κ3) is 4.54. The summed E-state index contributed by atoms with van der Waals surface area (Å²) in [4.78, 5) is 4.60. The van der Waals surface area contributed by atoms with Crippen molar-refractivity contribution in [3.8, 4) is 0 Å². The molecule has 1 aromatic heterocycles. The molecule has 24 heavy (non-hydrogen) atoms. The molecule has 3 nitrogen and oxygen atoms in total. The van der Waals surface area contributed by atoms with Crippen molar-refractivity contribution in [3.63, 3.8) is 0 Å². The molecule has 2 aromatic carbocycles. The van der Waals surface area contributed by atoms with Crippen LogP contribution in [0.15, 0.2) is 72.8 Å². The molecule has 0 spiro atoms. The largest absolute Gasteiger partial charge is 0.331 e. The van der Waals surface area contributed by atoms with Gasteiger partial charge in [-0.25, -0.2) is 4.98 Å². The number of hydrogen-bond donors (Lipinski definition) is 2. The van der Waals surface area contributed by atoms with Gasteiger partial charge in [-0.05, 0) is 42.0 Å². The van der Waals surface area contributed by atoms with Gasteiger partial charge in [-0.15, -0.1) is 0 Å². The highest BCUT2D eigenvalue weighted by molar-refractivity contribution is 7.80. The normalized spacial score (nSPS) is 10.2. The summed E-state index contributed by atoms with van der Waals surface area (Å²) < 4.78 is 0. The van der Waals surface area contributed by atoms with Crippen LogP contribution in [-0.2, 0) is 6.42 Å². The number of pyridine rings is 1. The van der Waals surface area contributed by atoms with Crippen molar-refractivity contribution < 1.29 is 0 Å². The molecule has 5 heteroatoms. The number of hydrogen-bond acceptors (Lipinski definition) is 2. The molecule has 1 heterocycles. The van der Waals surface area contributed by atoms with Gasteiger partial charge in [0.25, 0.3) is 0 Å². The minimum absolute atomic E-state index is 0.451. The second-order valence-corrected chi connectivity index (χ2v) is 6.05. The predicted molar refractivity (Wildman–Crippen MR) is 105 cm³/mol. The van der Waals surface area contributed by atoms with E-state index in [0.29, 0.717) is 16.0 Å². The number of thiocarbonyl (C=S) groups is 1. The Morgan fingerprint density at radius 1 is 0.875 bits per heavy atom. The molecule has 120 valence electrons.